The first-order chi connectivity index (χ1) is 11.7. The standard InChI is InChI=1S/C21H34O3Si/c1-7-11-19(22)16-20(24-25(5,6)21(2,3)4)14-15-23-17-18-12-9-8-10-13-18/h7-10,12-13,20H,1,11,14-17H2,2-6H3/t20-/m1/s1. The number of carbonyl (C=O) groups is 1. The van der Waals surface area contributed by atoms with Crippen molar-refractivity contribution in [3.63, 3.8) is 0 Å². The van der Waals surface area contributed by atoms with E-state index in [4.69, 9.17) is 9.16 Å². The number of Topliss-reactive ketones (excluding diaryl/α,β-unsaturated/α-hetero) is 1. The van der Waals surface area contributed by atoms with E-state index >= 15 is 0 Å². The van der Waals surface area contributed by atoms with Gasteiger partial charge in [-0.1, -0.05) is 57.2 Å². The van der Waals surface area contributed by atoms with Crippen LogP contribution in [0.4, 0.5) is 0 Å². The minimum Gasteiger partial charge on any atom is -0.413 e. The lowest BCUT2D eigenvalue weighted by atomic mass is 10.1. The normalized spacial score (nSPS) is 13.5. The second-order valence-electron chi connectivity index (χ2n) is 8.06. The third kappa shape index (κ3) is 8.12. The molecule has 1 atom stereocenters. The maximum atomic E-state index is 12.1. The van der Waals surface area contributed by atoms with Crippen LogP contribution >= 0.6 is 0 Å². The monoisotopic (exact) mass is 362 g/mol. The maximum Gasteiger partial charge on any atom is 0.192 e. The van der Waals surface area contributed by atoms with Crippen LogP contribution in [0.25, 0.3) is 0 Å². The lowest BCUT2D eigenvalue weighted by Gasteiger charge is -2.39. The quantitative estimate of drug-likeness (QED) is 0.295. The molecule has 1 aromatic rings. The first-order valence-electron chi connectivity index (χ1n) is 9.08. The average Bonchev–Trinajstić information content (AvgIpc) is 2.51. The van der Waals surface area contributed by atoms with Crippen LogP contribution in [0.1, 0.15) is 45.6 Å². The van der Waals surface area contributed by atoms with Crippen LogP contribution < -0.4 is 0 Å². The van der Waals surface area contributed by atoms with Crippen molar-refractivity contribution in [2.24, 2.45) is 0 Å². The number of hydrogen-bond acceptors (Lipinski definition) is 3. The topological polar surface area (TPSA) is 35.5 Å². The molecule has 0 unspecified atom stereocenters. The first kappa shape index (κ1) is 21.8. The Morgan fingerprint density at radius 1 is 1.24 bits per heavy atom. The van der Waals surface area contributed by atoms with Crippen LogP contribution in [-0.2, 0) is 20.6 Å². The van der Waals surface area contributed by atoms with Gasteiger partial charge >= 0.3 is 0 Å². The second kappa shape index (κ2) is 10.0. The van der Waals surface area contributed by atoms with Gasteiger partial charge in [-0.15, -0.1) is 6.58 Å². The minimum atomic E-state index is -1.92. The summed E-state index contributed by atoms with van der Waals surface area (Å²) in [5.41, 5.74) is 1.16. The highest BCUT2D eigenvalue weighted by molar-refractivity contribution is 6.74. The van der Waals surface area contributed by atoms with E-state index in [-0.39, 0.29) is 16.9 Å². The highest BCUT2D eigenvalue weighted by atomic mass is 28.4. The van der Waals surface area contributed by atoms with E-state index in [1.807, 2.05) is 18.2 Å². The smallest absolute Gasteiger partial charge is 0.192 e. The lowest BCUT2D eigenvalue weighted by Crippen LogP contribution is -2.44. The maximum absolute atomic E-state index is 12.1. The number of hydrogen-bond donors (Lipinski definition) is 0. The Labute approximate surface area is 154 Å². The van der Waals surface area contributed by atoms with Crippen molar-refractivity contribution in [2.75, 3.05) is 6.61 Å². The predicted octanol–water partition coefficient (Wildman–Crippen LogP) is 5.52. The summed E-state index contributed by atoms with van der Waals surface area (Å²) < 4.78 is 12.3. The molecule has 0 aliphatic carbocycles. The van der Waals surface area contributed by atoms with Gasteiger partial charge in [0.15, 0.2) is 8.32 Å². The van der Waals surface area contributed by atoms with Gasteiger partial charge in [0.05, 0.1) is 12.7 Å². The van der Waals surface area contributed by atoms with Crippen molar-refractivity contribution in [3.8, 4) is 0 Å². The predicted molar refractivity (Wildman–Crippen MR) is 107 cm³/mol. The second-order valence-corrected chi connectivity index (χ2v) is 12.8. The van der Waals surface area contributed by atoms with Crippen LogP contribution in [0, 0.1) is 0 Å². The van der Waals surface area contributed by atoms with E-state index in [0.29, 0.717) is 26.1 Å². The van der Waals surface area contributed by atoms with Gasteiger partial charge in [0.1, 0.15) is 5.78 Å². The molecule has 0 aromatic heterocycles. The number of rotatable bonds is 11. The number of allylic oxidation sites excluding steroid dienone is 1. The molecule has 0 saturated heterocycles. The van der Waals surface area contributed by atoms with Crippen molar-refractivity contribution < 1.29 is 14.0 Å². The molecule has 0 aliphatic heterocycles. The van der Waals surface area contributed by atoms with Gasteiger partial charge in [0.25, 0.3) is 0 Å². The van der Waals surface area contributed by atoms with Crippen LogP contribution in [0.5, 0.6) is 0 Å². The molecule has 0 heterocycles. The molecule has 0 spiro atoms. The minimum absolute atomic E-state index is 0.0795. The van der Waals surface area contributed by atoms with Crippen LogP contribution in [0.3, 0.4) is 0 Å². The first-order valence-corrected chi connectivity index (χ1v) is 12.0. The third-order valence-corrected chi connectivity index (χ3v) is 9.33. The zero-order chi connectivity index (χ0) is 18.9. The van der Waals surface area contributed by atoms with Gasteiger partial charge in [-0.25, -0.2) is 0 Å². The molecule has 1 aromatic carbocycles. The SMILES string of the molecule is C=CCC(=O)C[C@@H](CCOCc1ccccc1)O[Si](C)(C)C(C)(C)C. The summed E-state index contributed by atoms with van der Waals surface area (Å²) in [6.07, 6.45) is 3.17. The van der Waals surface area contributed by atoms with Crippen molar-refractivity contribution in [1.29, 1.82) is 0 Å². The zero-order valence-electron chi connectivity index (χ0n) is 16.5. The highest BCUT2D eigenvalue weighted by Gasteiger charge is 2.39. The molecule has 4 heteroatoms. The molecule has 0 saturated carbocycles. The zero-order valence-corrected chi connectivity index (χ0v) is 17.5. The van der Waals surface area contributed by atoms with Gasteiger partial charge in [-0.2, -0.15) is 0 Å². The number of ether oxygens (including phenoxy) is 1. The molecule has 0 fully saturated rings. The van der Waals surface area contributed by atoms with Crippen LogP contribution in [0.15, 0.2) is 43.0 Å². The van der Waals surface area contributed by atoms with Crippen LogP contribution in [0.2, 0.25) is 18.1 Å². The van der Waals surface area contributed by atoms with E-state index in [0.717, 1.165) is 12.0 Å². The van der Waals surface area contributed by atoms with Crippen molar-refractivity contribution in [3.05, 3.63) is 48.6 Å². The van der Waals surface area contributed by atoms with Gasteiger partial charge in [-0.3, -0.25) is 4.79 Å². The summed E-state index contributed by atoms with van der Waals surface area (Å²) in [6.45, 7) is 15.9. The molecule has 25 heavy (non-hydrogen) atoms. The average molecular weight is 363 g/mol. The number of carbonyl (C=O) groups excluding carboxylic acids is 1. The fourth-order valence-corrected chi connectivity index (χ4v) is 3.66. The lowest BCUT2D eigenvalue weighted by molar-refractivity contribution is -0.120. The van der Waals surface area contributed by atoms with Crippen LogP contribution in [-0.4, -0.2) is 26.8 Å². The van der Waals surface area contributed by atoms with Crippen molar-refractivity contribution in [1.82, 2.24) is 0 Å². The third-order valence-electron chi connectivity index (χ3n) is 4.79. The summed E-state index contributed by atoms with van der Waals surface area (Å²) in [5, 5.41) is 0.123. The van der Waals surface area contributed by atoms with Gasteiger partial charge in [0.2, 0.25) is 0 Å². The van der Waals surface area contributed by atoms with E-state index in [9.17, 15) is 4.79 Å². The molecular weight excluding hydrogens is 328 g/mol. The molecular formula is C21H34O3Si. The molecule has 140 valence electrons. The molecule has 1 rings (SSSR count). The molecule has 3 nitrogen and oxygen atoms in total. The summed E-state index contributed by atoms with van der Waals surface area (Å²) in [4.78, 5) is 12.1. The highest BCUT2D eigenvalue weighted by Crippen LogP contribution is 2.38. The van der Waals surface area contributed by atoms with E-state index in [1.54, 1.807) is 6.08 Å². The van der Waals surface area contributed by atoms with Gasteiger partial charge < -0.3 is 9.16 Å². The summed E-state index contributed by atoms with van der Waals surface area (Å²) in [7, 11) is -1.92. The van der Waals surface area contributed by atoms with Crippen molar-refractivity contribution >= 4 is 14.1 Å². The molecule has 0 amide bonds. The Bertz CT molecular complexity index is 532. The Morgan fingerprint density at radius 3 is 2.44 bits per heavy atom. The largest absolute Gasteiger partial charge is 0.413 e. The summed E-state index contributed by atoms with van der Waals surface area (Å²) in [5.74, 6) is 0.182. The molecule has 0 aliphatic rings. The molecule has 0 bridgehead atoms. The summed E-state index contributed by atoms with van der Waals surface area (Å²) in [6, 6.07) is 10.1. The fourth-order valence-electron chi connectivity index (χ4n) is 2.27. The van der Waals surface area contributed by atoms with E-state index < -0.39 is 8.32 Å². The van der Waals surface area contributed by atoms with Gasteiger partial charge in [0, 0.05) is 19.4 Å². The Hall–Kier alpha value is -1.23. The van der Waals surface area contributed by atoms with Gasteiger partial charge in [-0.05, 0) is 30.1 Å². The molecule has 0 N–H and O–H groups in total. The van der Waals surface area contributed by atoms with Crippen molar-refractivity contribution in [2.45, 2.75) is 70.9 Å². The Morgan fingerprint density at radius 2 is 1.88 bits per heavy atom. The Kier molecular flexibility index (Phi) is 8.76. The number of ketones is 1. The molecule has 0 radical (unpaired) electrons. The van der Waals surface area contributed by atoms with E-state index in [2.05, 4.69) is 52.6 Å². The Balaban J connectivity index is 2.58. The summed E-state index contributed by atoms with van der Waals surface area (Å²) >= 11 is 0. The van der Waals surface area contributed by atoms with E-state index in [1.165, 1.54) is 0 Å². The fraction of sp³-hybridized carbons (Fsp3) is 0.571. The number of benzene rings is 1.